The summed E-state index contributed by atoms with van der Waals surface area (Å²) in [5, 5.41) is 17.2. The number of ketones is 1. The summed E-state index contributed by atoms with van der Waals surface area (Å²) in [6.07, 6.45) is 4.03. The van der Waals surface area contributed by atoms with Crippen LogP contribution in [-0.4, -0.2) is 11.7 Å². The minimum atomic E-state index is -0.609. The lowest BCUT2D eigenvalue weighted by atomic mass is 9.71. The first-order valence-corrected chi connectivity index (χ1v) is 7.02. The van der Waals surface area contributed by atoms with Crippen LogP contribution in [0.3, 0.4) is 0 Å². The van der Waals surface area contributed by atoms with E-state index in [-0.39, 0.29) is 23.5 Å². The molecule has 3 unspecified atom stereocenters. The maximum atomic E-state index is 12.2. The van der Waals surface area contributed by atoms with Crippen molar-refractivity contribution in [1.82, 2.24) is 0 Å². The SMILES string of the molecule is CCCC(C)C1C2=C(CCCC2=O)OC(=N)C1C#N. The molecule has 0 bridgehead atoms. The zero-order valence-corrected chi connectivity index (χ0v) is 11.5. The highest BCUT2D eigenvalue weighted by Crippen LogP contribution is 2.42. The lowest BCUT2D eigenvalue weighted by molar-refractivity contribution is -0.117. The number of carbonyl (C=O) groups excluding carboxylic acids is 1. The van der Waals surface area contributed by atoms with Gasteiger partial charge in [-0.3, -0.25) is 10.2 Å². The third-order valence-corrected chi connectivity index (χ3v) is 4.11. The van der Waals surface area contributed by atoms with Crippen LogP contribution in [0.25, 0.3) is 0 Å². The molecule has 0 aromatic rings. The van der Waals surface area contributed by atoms with E-state index >= 15 is 0 Å². The van der Waals surface area contributed by atoms with Gasteiger partial charge in [0.15, 0.2) is 5.78 Å². The molecule has 0 aromatic carbocycles. The van der Waals surface area contributed by atoms with E-state index in [1.807, 2.05) is 0 Å². The third kappa shape index (κ3) is 2.42. The Morgan fingerprint density at radius 3 is 2.89 bits per heavy atom. The van der Waals surface area contributed by atoms with E-state index in [4.69, 9.17) is 10.1 Å². The Hall–Kier alpha value is -1.63. The monoisotopic (exact) mass is 260 g/mol. The van der Waals surface area contributed by atoms with Gasteiger partial charge in [-0.25, -0.2) is 0 Å². The second-order valence-electron chi connectivity index (χ2n) is 5.48. The number of ether oxygens (including phenoxy) is 1. The highest BCUT2D eigenvalue weighted by molar-refractivity contribution is 6.00. The summed E-state index contributed by atoms with van der Waals surface area (Å²) in [6, 6.07) is 2.16. The molecular weight excluding hydrogens is 240 g/mol. The lowest BCUT2D eigenvalue weighted by Gasteiger charge is -2.37. The fourth-order valence-corrected chi connectivity index (χ4v) is 3.22. The smallest absolute Gasteiger partial charge is 0.204 e. The van der Waals surface area contributed by atoms with E-state index in [2.05, 4.69) is 19.9 Å². The van der Waals surface area contributed by atoms with Gasteiger partial charge in [-0.15, -0.1) is 0 Å². The molecule has 2 aliphatic rings. The van der Waals surface area contributed by atoms with Crippen LogP contribution in [0.15, 0.2) is 11.3 Å². The largest absolute Gasteiger partial charge is 0.446 e. The van der Waals surface area contributed by atoms with Gasteiger partial charge in [0.25, 0.3) is 0 Å². The van der Waals surface area contributed by atoms with E-state index in [9.17, 15) is 10.1 Å². The molecule has 0 saturated heterocycles. The molecule has 1 N–H and O–H groups in total. The van der Waals surface area contributed by atoms with Crippen molar-refractivity contribution in [1.29, 1.82) is 10.7 Å². The summed E-state index contributed by atoms with van der Waals surface area (Å²) in [5.41, 5.74) is 0.703. The first kappa shape index (κ1) is 13.8. The van der Waals surface area contributed by atoms with Crippen LogP contribution < -0.4 is 0 Å². The van der Waals surface area contributed by atoms with Gasteiger partial charge in [0.05, 0.1) is 6.07 Å². The summed E-state index contributed by atoms with van der Waals surface area (Å²) in [6.45, 7) is 4.17. The Bertz CT molecular complexity index is 473. The van der Waals surface area contributed by atoms with Crippen molar-refractivity contribution in [3.05, 3.63) is 11.3 Å². The first-order valence-electron chi connectivity index (χ1n) is 7.02. The van der Waals surface area contributed by atoms with Crippen molar-refractivity contribution >= 4 is 11.7 Å². The van der Waals surface area contributed by atoms with Crippen molar-refractivity contribution in [2.24, 2.45) is 17.8 Å². The number of nitrogens with one attached hydrogen (secondary N) is 1. The Kier molecular flexibility index (Phi) is 4.04. The molecule has 19 heavy (non-hydrogen) atoms. The van der Waals surface area contributed by atoms with E-state index in [0.29, 0.717) is 17.8 Å². The molecule has 4 heteroatoms. The Balaban J connectivity index is 2.44. The standard InChI is InChI=1S/C15H20N2O2/c1-3-5-9(2)13-10(8-16)15(17)19-12-7-4-6-11(18)14(12)13/h9-10,13,17H,3-7H2,1-2H3. The highest BCUT2D eigenvalue weighted by Gasteiger charge is 2.43. The van der Waals surface area contributed by atoms with Crippen molar-refractivity contribution in [3.8, 4) is 6.07 Å². The van der Waals surface area contributed by atoms with E-state index < -0.39 is 5.92 Å². The average molecular weight is 260 g/mol. The highest BCUT2D eigenvalue weighted by atomic mass is 16.5. The van der Waals surface area contributed by atoms with Gasteiger partial charge in [-0.05, 0) is 12.3 Å². The van der Waals surface area contributed by atoms with Gasteiger partial charge in [0, 0.05) is 24.3 Å². The second-order valence-corrected chi connectivity index (χ2v) is 5.48. The molecule has 0 saturated carbocycles. The molecule has 0 fully saturated rings. The summed E-state index contributed by atoms with van der Waals surface area (Å²) in [5.74, 6) is 0.244. The normalized spacial score (nSPS) is 28.5. The second kappa shape index (κ2) is 5.56. The van der Waals surface area contributed by atoms with Gasteiger partial charge in [-0.2, -0.15) is 5.26 Å². The molecule has 1 aliphatic heterocycles. The maximum absolute atomic E-state index is 12.2. The summed E-state index contributed by atoms with van der Waals surface area (Å²) >= 11 is 0. The lowest BCUT2D eigenvalue weighted by Crippen LogP contribution is -2.39. The van der Waals surface area contributed by atoms with Gasteiger partial charge >= 0.3 is 0 Å². The number of hydrogen-bond donors (Lipinski definition) is 1. The van der Waals surface area contributed by atoms with E-state index in [1.54, 1.807) is 0 Å². The molecular formula is C15H20N2O2. The van der Waals surface area contributed by atoms with Gasteiger partial charge in [0.2, 0.25) is 5.90 Å². The molecule has 0 radical (unpaired) electrons. The summed E-state index contributed by atoms with van der Waals surface area (Å²) in [7, 11) is 0. The maximum Gasteiger partial charge on any atom is 0.204 e. The number of allylic oxidation sites excluding steroid dienone is 2. The van der Waals surface area contributed by atoms with Crippen LogP contribution in [0.4, 0.5) is 0 Å². The number of nitriles is 1. The van der Waals surface area contributed by atoms with Gasteiger partial charge in [-0.1, -0.05) is 26.7 Å². The molecule has 102 valence electrons. The summed E-state index contributed by atoms with van der Waals surface area (Å²) < 4.78 is 5.44. The van der Waals surface area contributed by atoms with Crippen LogP contribution in [0, 0.1) is 34.5 Å². The topological polar surface area (TPSA) is 73.9 Å². The first-order chi connectivity index (χ1) is 9.10. The predicted molar refractivity (Wildman–Crippen MR) is 71.4 cm³/mol. The van der Waals surface area contributed by atoms with Crippen LogP contribution in [0.5, 0.6) is 0 Å². The van der Waals surface area contributed by atoms with Crippen molar-refractivity contribution in [3.63, 3.8) is 0 Å². The number of carbonyl (C=O) groups is 1. The van der Waals surface area contributed by atoms with Gasteiger partial charge < -0.3 is 4.74 Å². The Labute approximate surface area is 114 Å². The minimum absolute atomic E-state index is 0.0175. The van der Waals surface area contributed by atoms with E-state index in [1.165, 1.54) is 0 Å². The molecule has 1 aliphatic carbocycles. The van der Waals surface area contributed by atoms with Gasteiger partial charge in [0.1, 0.15) is 11.7 Å². The van der Waals surface area contributed by atoms with Crippen molar-refractivity contribution in [2.45, 2.75) is 46.0 Å². The molecule has 4 nitrogen and oxygen atoms in total. The molecule has 3 atom stereocenters. The number of Topliss-reactive ketones (excluding diaryl/α,β-unsaturated/α-hetero) is 1. The number of hydrogen-bond acceptors (Lipinski definition) is 4. The zero-order valence-electron chi connectivity index (χ0n) is 11.5. The summed E-state index contributed by atoms with van der Waals surface area (Å²) in [4.78, 5) is 12.2. The van der Waals surface area contributed by atoms with Crippen molar-refractivity contribution < 1.29 is 9.53 Å². The molecule has 0 amide bonds. The van der Waals surface area contributed by atoms with Crippen LogP contribution in [-0.2, 0) is 9.53 Å². The third-order valence-electron chi connectivity index (χ3n) is 4.11. The number of nitrogens with zero attached hydrogens (tertiary/aromatic N) is 1. The zero-order chi connectivity index (χ0) is 14.0. The molecule has 1 heterocycles. The van der Waals surface area contributed by atoms with Crippen molar-refractivity contribution in [2.75, 3.05) is 0 Å². The fraction of sp³-hybridized carbons (Fsp3) is 0.667. The number of rotatable bonds is 3. The Morgan fingerprint density at radius 2 is 2.26 bits per heavy atom. The predicted octanol–water partition coefficient (Wildman–Crippen LogP) is 3.19. The van der Waals surface area contributed by atoms with Crippen LogP contribution >= 0.6 is 0 Å². The fourth-order valence-electron chi connectivity index (χ4n) is 3.22. The average Bonchev–Trinajstić information content (AvgIpc) is 2.37. The quantitative estimate of drug-likeness (QED) is 0.846. The Morgan fingerprint density at radius 1 is 1.53 bits per heavy atom. The van der Waals surface area contributed by atoms with E-state index in [0.717, 1.165) is 25.7 Å². The molecule has 0 aromatic heterocycles. The minimum Gasteiger partial charge on any atom is -0.446 e. The van der Waals surface area contributed by atoms with Crippen LogP contribution in [0.2, 0.25) is 0 Å². The molecule has 0 spiro atoms. The van der Waals surface area contributed by atoms with Crippen LogP contribution in [0.1, 0.15) is 46.0 Å². The molecule has 2 rings (SSSR count).